The van der Waals surface area contributed by atoms with Crippen molar-refractivity contribution >= 4 is 28.1 Å². The zero-order chi connectivity index (χ0) is 10.4. The third kappa shape index (κ3) is 3.68. The first-order valence-electron chi connectivity index (χ1n) is 3.90. The SMILES string of the molecule is O=C(CO)NN=Cc1ccc(Br)cc1. The molecule has 0 aliphatic heterocycles. The van der Waals surface area contributed by atoms with Gasteiger partial charge in [-0.2, -0.15) is 5.10 Å². The van der Waals surface area contributed by atoms with Crippen LogP contribution in [0.15, 0.2) is 33.8 Å². The first-order valence-corrected chi connectivity index (χ1v) is 4.70. The summed E-state index contributed by atoms with van der Waals surface area (Å²) in [6.07, 6.45) is 1.50. The lowest BCUT2D eigenvalue weighted by Gasteiger charge is -1.94. The number of carbonyl (C=O) groups excluding carboxylic acids is 1. The summed E-state index contributed by atoms with van der Waals surface area (Å²) in [5.41, 5.74) is 3.03. The van der Waals surface area contributed by atoms with E-state index in [1.807, 2.05) is 24.3 Å². The molecule has 0 saturated carbocycles. The molecule has 0 bridgehead atoms. The van der Waals surface area contributed by atoms with Gasteiger partial charge in [0.05, 0.1) is 6.21 Å². The number of nitrogens with zero attached hydrogens (tertiary/aromatic N) is 1. The van der Waals surface area contributed by atoms with Crippen LogP contribution in [0.4, 0.5) is 0 Å². The second-order valence-electron chi connectivity index (χ2n) is 2.50. The van der Waals surface area contributed by atoms with Gasteiger partial charge < -0.3 is 5.11 Å². The third-order valence-corrected chi connectivity index (χ3v) is 1.95. The Morgan fingerprint density at radius 1 is 1.50 bits per heavy atom. The van der Waals surface area contributed by atoms with Crippen LogP contribution >= 0.6 is 15.9 Å². The molecule has 0 aliphatic carbocycles. The molecule has 0 aliphatic rings. The van der Waals surface area contributed by atoms with Gasteiger partial charge in [-0.15, -0.1) is 0 Å². The van der Waals surface area contributed by atoms with E-state index in [2.05, 4.69) is 26.5 Å². The number of halogens is 1. The van der Waals surface area contributed by atoms with Crippen LogP contribution in [0, 0.1) is 0 Å². The van der Waals surface area contributed by atoms with E-state index >= 15 is 0 Å². The number of rotatable bonds is 3. The van der Waals surface area contributed by atoms with Crippen molar-refractivity contribution in [3.05, 3.63) is 34.3 Å². The van der Waals surface area contributed by atoms with Crippen LogP contribution < -0.4 is 5.43 Å². The number of hydrazone groups is 1. The molecule has 0 saturated heterocycles. The summed E-state index contributed by atoms with van der Waals surface area (Å²) >= 11 is 3.30. The Bertz CT molecular complexity index is 335. The van der Waals surface area contributed by atoms with Crippen molar-refractivity contribution in [1.82, 2.24) is 5.43 Å². The van der Waals surface area contributed by atoms with Gasteiger partial charge in [0.2, 0.25) is 0 Å². The van der Waals surface area contributed by atoms with Gasteiger partial charge in [0, 0.05) is 4.47 Å². The lowest BCUT2D eigenvalue weighted by atomic mass is 10.2. The first kappa shape index (κ1) is 10.9. The number of hydrogen-bond acceptors (Lipinski definition) is 3. The highest BCUT2D eigenvalue weighted by Crippen LogP contribution is 2.08. The van der Waals surface area contributed by atoms with Crippen LogP contribution in [0.1, 0.15) is 5.56 Å². The largest absolute Gasteiger partial charge is 0.386 e. The molecule has 1 aromatic rings. The molecule has 1 amide bonds. The van der Waals surface area contributed by atoms with Gasteiger partial charge in [0.15, 0.2) is 0 Å². The molecule has 74 valence electrons. The maximum Gasteiger partial charge on any atom is 0.265 e. The van der Waals surface area contributed by atoms with Crippen LogP contribution in [-0.2, 0) is 4.79 Å². The Balaban J connectivity index is 2.52. The van der Waals surface area contributed by atoms with E-state index in [0.717, 1.165) is 10.0 Å². The quantitative estimate of drug-likeness (QED) is 0.624. The molecule has 0 spiro atoms. The summed E-state index contributed by atoms with van der Waals surface area (Å²) in [5.74, 6) is -0.529. The highest BCUT2D eigenvalue weighted by atomic mass is 79.9. The lowest BCUT2D eigenvalue weighted by Crippen LogP contribution is -2.20. The van der Waals surface area contributed by atoms with Crippen molar-refractivity contribution in [2.24, 2.45) is 5.10 Å². The number of nitrogens with one attached hydrogen (secondary N) is 1. The fraction of sp³-hybridized carbons (Fsp3) is 0.111. The molecule has 0 unspecified atom stereocenters. The van der Waals surface area contributed by atoms with Gasteiger partial charge >= 0.3 is 0 Å². The standard InChI is InChI=1S/C9H9BrN2O2/c10-8-3-1-7(2-4-8)5-11-12-9(14)6-13/h1-5,13H,6H2,(H,12,14). The van der Waals surface area contributed by atoms with Gasteiger partial charge in [-0.25, -0.2) is 5.43 Å². The highest BCUT2D eigenvalue weighted by molar-refractivity contribution is 9.10. The number of amides is 1. The molecule has 0 heterocycles. The number of aliphatic hydroxyl groups is 1. The van der Waals surface area contributed by atoms with Crippen molar-refractivity contribution in [3.63, 3.8) is 0 Å². The van der Waals surface area contributed by atoms with E-state index in [4.69, 9.17) is 5.11 Å². The molecule has 1 aromatic carbocycles. The van der Waals surface area contributed by atoms with Gasteiger partial charge in [-0.3, -0.25) is 4.79 Å². The second-order valence-corrected chi connectivity index (χ2v) is 3.42. The van der Waals surface area contributed by atoms with E-state index in [1.54, 1.807) is 0 Å². The van der Waals surface area contributed by atoms with E-state index < -0.39 is 12.5 Å². The number of carbonyl (C=O) groups is 1. The van der Waals surface area contributed by atoms with Gasteiger partial charge in [-0.1, -0.05) is 28.1 Å². The maximum atomic E-state index is 10.6. The number of aliphatic hydroxyl groups excluding tert-OH is 1. The Morgan fingerprint density at radius 2 is 2.14 bits per heavy atom. The summed E-state index contributed by atoms with van der Waals surface area (Å²) in [6, 6.07) is 7.43. The normalized spacial score (nSPS) is 10.4. The van der Waals surface area contributed by atoms with Gasteiger partial charge in [-0.05, 0) is 17.7 Å². The molecule has 14 heavy (non-hydrogen) atoms. The number of hydrogen-bond donors (Lipinski definition) is 2. The van der Waals surface area contributed by atoms with Crippen LogP contribution in [0.25, 0.3) is 0 Å². The predicted octanol–water partition coefficient (Wildman–Crippen LogP) is 0.891. The minimum absolute atomic E-state index is 0.529. The lowest BCUT2D eigenvalue weighted by molar-refractivity contribution is -0.123. The van der Waals surface area contributed by atoms with Crippen LogP contribution in [0.2, 0.25) is 0 Å². The molecule has 2 N–H and O–H groups in total. The van der Waals surface area contributed by atoms with Crippen LogP contribution in [0.5, 0.6) is 0 Å². The molecular formula is C9H9BrN2O2. The molecule has 4 nitrogen and oxygen atoms in total. The highest BCUT2D eigenvalue weighted by Gasteiger charge is 1.92. The van der Waals surface area contributed by atoms with Crippen molar-refractivity contribution < 1.29 is 9.90 Å². The van der Waals surface area contributed by atoms with Crippen molar-refractivity contribution in [2.45, 2.75) is 0 Å². The Morgan fingerprint density at radius 3 is 2.71 bits per heavy atom. The molecular weight excluding hydrogens is 248 g/mol. The predicted molar refractivity (Wildman–Crippen MR) is 57.0 cm³/mol. The Kier molecular flexibility index (Phi) is 4.28. The summed E-state index contributed by atoms with van der Waals surface area (Å²) in [6.45, 7) is -0.558. The van der Waals surface area contributed by atoms with Gasteiger partial charge in [0.1, 0.15) is 6.61 Å². The summed E-state index contributed by atoms with van der Waals surface area (Å²) in [7, 11) is 0. The molecule has 0 atom stereocenters. The fourth-order valence-electron chi connectivity index (χ4n) is 0.763. The van der Waals surface area contributed by atoms with Gasteiger partial charge in [0.25, 0.3) is 5.91 Å². The second kappa shape index (κ2) is 5.51. The van der Waals surface area contributed by atoms with Crippen molar-refractivity contribution in [3.8, 4) is 0 Å². The molecule has 5 heteroatoms. The summed E-state index contributed by atoms with van der Waals surface area (Å²) in [5, 5.41) is 12.0. The summed E-state index contributed by atoms with van der Waals surface area (Å²) in [4.78, 5) is 10.6. The van der Waals surface area contributed by atoms with Crippen LogP contribution in [0.3, 0.4) is 0 Å². The third-order valence-electron chi connectivity index (χ3n) is 1.42. The monoisotopic (exact) mass is 256 g/mol. The zero-order valence-corrected chi connectivity index (χ0v) is 8.86. The van der Waals surface area contributed by atoms with Crippen molar-refractivity contribution in [2.75, 3.05) is 6.61 Å². The smallest absolute Gasteiger partial charge is 0.265 e. The minimum atomic E-state index is -0.558. The average molecular weight is 257 g/mol. The van der Waals surface area contributed by atoms with E-state index in [9.17, 15) is 4.79 Å². The summed E-state index contributed by atoms with van der Waals surface area (Å²) < 4.78 is 0.981. The minimum Gasteiger partial charge on any atom is -0.386 e. The van der Waals surface area contributed by atoms with E-state index in [1.165, 1.54) is 6.21 Å². The topological polar surface area (TPSA) is 61.7 Å². The fourth-order valence-corrected chi connectivity index (χ4v) is 1.03. The van der Waals surface area contributed by atoms with Crippen LogP contribution in [-0.4, -0.2) is 23.8 Å². The molecule has 0 radical (unpaired) electrons. The Hall–Kier alpha value is -1.20. The molecule has 0 aromatic heterocycles. The number of benzene rings is 1. The Labute approximate surface area is 89.8 Å². The maximum absolute atomic E-state index is 10.6. The molecule has 0 fully saturated rings. The van der Waals surface area contributed by atoms with E-state index in [-0.39, 0.29) is 0 Å². The average Bonchev–Trinajstić information content (AvgIpc) is 2.21. The zero-order valence-electron chi connectivity index (χ0n) is 7.27. The molecule has 1 rings (SSSR count). The van der Waals surface area contributed by atoms with Crippen molar-refractivity contribution in [1.29, 1.82) is 0 Å². The first-order chi connectivity index (χ1) is 6.72. The van der Waals surface area contributed by atoms with E-state index in [0.29, 0.717) is 0 Å².